The number of hydrogen-bond donors (Lipinski definition) is 2. The Kier molecular flexibility index (Phi) is 5.03. The molecule has 2 unspecified atom stereocenters. The number of ether oxygens (including phenoxy) is 1. The summed E-state index contributed by atoms with van der Waals surface area (Å²) in [5.41, 5.74) is 6.33. The highest BCUT2D eigenvalue weighted by molar-refractivity contribution is 7.81. The zero-order chi connectivity index (χ0) is 15.4. The lowest BCUT2D eigenvalue weighted by Gasteiger charge is -2.22. The molecule has 21 heavy (non-hydrogen) atoms. The Balaban J connectivity index is 1.90. The van der Waals surface area contributed by atoms with Gasteiger partial charge >= 0.3 is 6.09 Å². The average Bonchev–Trinajstić information content (AvgIpc) is 2.86. The summed E-state index contributed by atoms with van der Waals surface area (Å²) in [6.07, 6.45) is 0.326. The van der Waals surface area contributed by atoms with E-state index in [1.807, 2.05) is 0 Å². The number of nitrogens with zero attached hydrogens (tertiary/aromatic N) is 2. The van der Waals surface area contributed by atoms with Crippen LogP contribution >= 0.6 is 12.6 Å². The highest BCUT2D eigenvalue weighted by atomic mass is 32.1. The second-order valence-electron chi connectivity index (χ2n) is 4.91. The van der Waals surface area contributed by atoms with Gasteiger partial charge in [-0.3, -0.25) is 10.1 Å². The summed E-state index contributed by atoms with van der Waals surface area (Å²) in [4.78, 5) is 23.7. The minimum absolute atomic E-state index is 0.00531. The number of hydrogen-bond acceptors (Lipinski definition) is 6. The zero-order valence-electron chi connectivity index (χ0n) is 11.3. The molecule has 1 amide bonds. The lowest BCUT2D eigenvalue weighted by Crippen LogP contribution is -2.40. The normalized spacial score (nSPS) is 21.3. The van der Waals surface area contributed by atoms with Gasteiger partial charge in [0.05, 0.1) is 4.92 Å². The molecule has 0 aliphatic carbocycles. The number of nitro benzene ring substituents is 1. The third-order valence-corrected chi connectivity index (χ3v) is 3.78. The lowest BCUT2D eigenvalue weighted by molar-refractivity contribution is -0.384. The first-order chi connectivity index (χ1) is 10.0. The van der Waals surface area contributed by atoms with Crippen LogP contribution in [0, 0.1) is 10.1 Å². The van der Waals surface area contributed by atoms with Crippen LogP contribution in [0.1, 0.15) is 12.0 Å². The largest absolute Gasteiger partial charge is 0.445 e. The SMILES string of the molecule is NCC1CC(S)CN1C(=O)OCc1ccc([N+](=O)[O-])cc1. The number of benzene rings is 1. The second-order valence-corrected chi connectivity index (χ2v) is 5.64. The van der Waals surface area contributed by atoms with Gasteiger partial charge in [0, 0.05) is 36.5 Å². The van der Waals surface area contributed by atoms with Crippen molar-refractivity contribution in [2.24, 2.45) is 5.73 Å². The minimum Gasteiger partial charge on any atom is -0.445 e. The third-order valence-electron chi connectivity index (χ3n) is 3.41. The molecule has 0 aromatic heterocycles. The maximum Gasteiger partial charge on any atom is 0.410 e. The van der Waals surface area contributed by atoms with E-state index in [-0.39, 0.29) is 23.6 Å². The maximum absolute atomic E-state index is 12.0. The molecule has 1 aromatic rings. The molecule has 1 saturated heterocycles. The van der Waals surface area contributed by atoms with Crippen LogP contribution in [0.2, 0.25) is 0 Å². The van der Waals surface area contributed by atoms with Crippen LogP contribution in [-0.4, -0.2) is 40.3 Å². The van der Waals surface area contributed by atoms with E-state index in [0.29, 0.717) is 18.7 Å². The number of rotatable bonds is 4. The maximum atomic E-state index is 12.0. The Hall–Kier alpha value is -1.80. The van der Waals surface area contributed by atoms with Crippen LogP contribution in [0.5, 0.6) is 0 Å². The molecule has 1 aromatic carbocycles. The number of carbonyl (C=O) groups is 1. The summed E-state index contributed by atoms with van der Waals surface area (Å²) in [5, 5.41) is 10.7. The van der Waals surface area contributed by atoms with E-state index in [1.165, 1.54) is 12.1 Å². The molecule has 0 bridgehead atoms. The van der Waals surface area contributed by atoms with Gasteiger partial charge in [0.2, 0.25) is 0 Å². The van der Waals surface area contributed by atoms with Crippen molar-refractivity contribution in [3.05, 3.63) is 39.9 Å². The van der Waals surface area contributed by atoms with Crippen LogP contribution in [-0.2, 0) is 11.3 Å². The monoisotopic (exact) mass is 311 g/mol. The van der Waals surface area contributed by atoms with E-state index < -0.39 is 11.0 Å². The van der Waals surface area contributed by atoms with Gasteiger partial charge in [-0.05, 0) is 24.1 Å². The lowest BCUT2D eigenvalue weighted by atomic mass is 10.2. The van der Waals surface area contributed by atoms with Gasteiger partial charge in [-0.25, -0.2) is 4.79 Å². The summed E-state index contributed by atoms with van der Waals surface area (Å²) in [7, 11) is 0. The predicted molar refractivity (Wildman–Crippen MR) is 80.2 cm³/mol. The molecule has 1 aliphatic heterocycles. The number of thiol groups is 1. The molecule has 2 atom stereocenters. The number of amides is 1. The summed E-state index contributed by atoms with van der Waals surface area (Å²) < 4.78 is 5.22. The van der Waals surface area contributed by atoms with Crippen molar-refractivity contribution >= 4 is 24.4 Å². The summed E-state index contributed by atoms with van der Waals surface area (Å²) in [6, 6.07) is 5.85. The Morgan fingerprint density at radius 1 is 1.48 bits per heavy atom. The second kappa shape index (κ2) is 6.77. The first kappa shape index (κ1) is 15.6. The molecule has 1 heterocycles. The topological polar surface area (TPSA) is 98.7 Å². The van der Waals surface area contributed by atoms with E-state index in [4.69, 9.17) is 10.5 Å². The number of nitro groups is 1. The summed E-state index contributed by atoms with van der Waals surface area (Å²) >= 11 is 4.36. The molecule has 2 N–H and O–H groups in total. The molecule has 0 saturated carbocycles. The Bertz CT molecular complexity index is 523. The quantitative estimate of drug-likeness (QED) is 0.499. The molecule has 0 spiro atoms. The van der Waals surface area contributed by atoms with Crippen molar-refractivity contribution in [2.45, 2.75) is 24.3 Å². The molecule has 114 valence electrons. The van der Waals surface area contributed by atoms with E-state index in [9.17, 15) is 14.9 Å². The van der Waals surface area contributed by atoms with Crippen LogP contribution < -0.4 is 5.73 Å². The molecule has 0 radical (unpaired) electrons. The van der Waals surface area contributed by atoms with Crippen molar-refractivity contribution in [1.29, 1.82) is 0 Å². The minimum atomic E-state index is -0.474. The number of nitrogens with two attached hydrogens (primary N) is 1. The van der Waals surface area contributed by atoms with Gasteiger partial charge in [0.15, 0.2) is 0 Å². The molecule has 8 heteroatoms. The first-order valence-electron chi connectivity index (χ1n) is 6.56. The van der Waals surface area contributed by atoms with Crippen LogP contribution in [0.25, 0.3) is 0 Å². The van der Waals surface area contributed by atoms with Gasteiger partial charge in [-0.1, -0.05) is 0 Å². The zero-order valence-corrected chi connectivity index (χ0v) is 12.2. The van der Waals surface area contributed by atoms with Gasteiger partial charge in [0.1, 0.15) is 6.61 Å². The first-order valence-corrected chi connectivity index (χ1v) is 7.07. The standard InChI is InChI=1S/C13H17N3O4S/c14-6-11-5-12(21)7-15(11)13(17)20-8-9-1-3-10(4-2-9)16(18)19/h1-4,11-12,21H,5-8,14H2. The van der Waals surface area contributed by atoms with Crippen molar-refractivity contribution in [3.63, 3.8) is 0 Å². The van der Waals surface area contributed by atoms with Crippen LogP contribution in [0.3, 0.4) is 0 Å². The number of carbonyl (C=O) groups excluding carboxylic acids is 1. The van der Waals surface area contributed by atoms with E-state index in [0.717, 1.165) is 6.42 Å². The van der Waals surface area contributed by atoms with Gasteiger partial charge in [-0.2, -0.15) is 12.6 Å². The molecule has 1 aliphatic rings. The van der Waals surface area contributed by atoms with Crippen molar-refractivity contribution in [2.75, 3.05) is 13.1 Å². The third kappa shape index (κ3) is 3.85. The highest BCUT2D eigenvalue weighted by Gasteiger charge is 2.33. The van der Waals surface area contributed by atoms with Gasteiger partial charge in [0.25, 0.3) is 5.69 Å². The van der Waals surface area contributed by atoms with E-state index in [1.54, 1.807) is 17.0 Å². The fourth-order valence-electron chi connectivity index (χ4n) is 2.28. The van der Waals surface area contributed by atoms with Crippen LogP contribution in [0.4, 0.5) is 10.5 Å². The predicted octanol–water partition coefficient (Wildman–Crippen LogP) is 1.56. The van der Waals surface area contributed by atoms with Crippen molar-refractivity contribution in [1.82, 2.24) is 4.90 Å². The molecular weight excluding hydrogens is 294 g/mol. The fourth-order valence-corrected chi connectivity index (χ4v) is 2.70. The summed E-state index contributed by atoms with van der Waals surface area (Å²) in [5.74, 6) is 0. The Labute approximate surface area is 127 Å². The highest BCUT2D eigenvalue weighted by Crippen LogP contribution is 2.22. The summed E-state index contributed by atoms with van der Waals surface area (Å²) in [6.45, 7) is 0.968. The van der Waals surface area contributed by atoms with Crippen molar-refractivity contribution in [3.8, 4) is 0 Å². The fraction of sp³-hybridized carbons (Fsp3) is 0.462. The van der Waals surface area contributed by atoms with Gasteiger partial charge < -0.3 is 15.4 Å². The molecule has 1 fully saturated rings. The Morgan fingerprint density at radius 3 is 2.71 bits per heavy atom. The average molecular weight is 311 g/mol. The van der Waals surface area contributed by atoms with Crippen molar-refractivity contribution < 1.29 is 14.5 Å². The number of likely N-dealkylation sites (tertiary alicyclic amines) is 1. The molecule has 7 nitrogen and oxygen atoms in total. The molecule has 2 rings (SSSR count). The Morgan fingerprint density at radius 2 is 2.14 bits per heavy atom. The smallest absolute Gasteiger partial charge is 0.410 e. The van der Waals surface area contributed by atoms with Gasteiger partial charge in [-0.15, -0.1) is 0 Å². The van der Waals surface area contributed by atoms with Crippen LogP contribution in [0.15, 0.2) is 24.3 Å². The molecular formula is C13H17N3O4S. The van der Waals surface area contributed by atoms with E-state index in [2.05, 4.69) is 12.6 Å². The van der Waals surface area contributed by atoms with E-state index >= 15 is 0 Å². The number of non-ortho nitro benzene ring substituents is 1.